The number of halogens is 1. The van der Waals surface area contributed by atoms with Crippen LogP contribution in [0.25, 0.3) is 0 Å². The van der Waals surface area contributed by atoms with Crippen LogP contribution in [0, 0.1) is 0 Å². The number of carbonyl (C=O) groups is 2. The maximum Gasteiger partial charge on any atom is 0.229 e. The topological polar surface area (TPSA) is 71.1 Å². The summed E-state index contributed by atoms with van der Waals surface area (Å²) in [5.74, 6) is -0.596. The minimum absolute atomic E-state index is 0.180. The van der Waals surface area contributed by atoms with E-state index >= 15 is 0 Å². The normalized spacial score (nSPS) is 10.1. The lowest BCUT2D eigenvalue weighted by atomic mass is 10.1. The van der Waals surface area contributed by atoms with Gasteiger partial charge in [-0.2, -0.15) is 0 Å². The smallest absolute Gasteiger partial charge is 0.229 e. The Balaban J connectivity index is 1.65. The highest BCUT2D eigenvalue weighted by Crippen LogP contribution is 2.10. The van der Waals surface area contributed by atoms with Crippen molar-refractivity contribution in [2.24, 2.45) is 0 Å². The number of nitrogens with one attached hydrogen (secondary N) is 2. The van der Waals surface area contributed by atoms with Gasteiger partial charge in [0.2, 0.25) is 11.8 Å². The number of hydrogen-bond acceptors (Lipinski definition) is 3. The van der Waals surface area contributed by atoms with Gasteiger partial charge in [-0.05, 0) is 41.8 Å². The van der Waals surface area contributed by atoms with Crippen LogP contribution >= 0.6 is 11.6 Å². The lowest BCUT2D eigenvalue weighted by Gasteiger charge is -2.07. The highest BCUT2D eigenvalue weighted by Gasteiger charge is 2.08. The molecular formula is C17H18ClN3O2. The number of benzene rings is 1. The third-order valence-electron chi connectivity index (χ3n) is 3.19. The average molecular weight is 332 g/mol. The molecule has 0 aliphatic heterocycles. The largest absolute Gasteiger partial charge is 0.355 e. The molecule has 0 unspecified atom stereocenters. The second-order valence-corrected chi connectivity index (χ2v) is 5.48. The zero-order valence-corrected chi connectivity index (χ0v) is 13.3. The molecule has 5 nitrogen and oxygen atoms in total. The summed E-state index contributed by atoms with van der Waals surface area (Å²) in [5, 5.41) is 6.10. The third-order valence-corrected chi connectivity index (χ3v) is 3.42. The molecule has 0 aliphatic carbocycles. The zero-order valence-electron chi connectivity index (χ0n) is 12.6. The first-order valence-corrected chi connectivity index (χ1v) is 7.68. The standard InChI is InChI=1S/C17H18ClN3O2/c18-15-3-1-2-13(10-15)6-9-20-16(22)11-17(23)21-12-14-4-7-19-8-5-14/h1-5,7-8,10H,6,9,11-12H2,(H,20,22)(H,21,23). The van der Waals surface area contributed by atoms with E-state index in [2.05, 4.69) is 15.6 Å². The highest BCUT2D eigenvalue weighted by atomic mass is 35.5. The molecule has 23 heavy (non-hydrogen) atoms. The van der Waals surface area contributed by atoms with Gasteiger partial charge in [-0.3, -0.25) is 14.6 Å². The molecule has 0 bridgehead atoms. The summed E-state index contributed by atoms with van der Waals surface area (Å²) in [7, 11) is 0. The van der Waals surface area contributed by atoms with Gasteiger partial charge in [0, 0.05) is 30.5 Å². The van der Waals surface area contributed by atoms with Crippen LogP contribution in [0.2, 0.25) is 5.02 Å². The first-order valence-electron chi connectivity index (χ1n) is 7.30. The Morgan fingerprint density at radius 1 is 1.00 bits per heavy atom. The summed E-state index contributed by atoms with van der Waals surface area (Å²) in [4.78, 5) is 27.3. The fourth-order valence-corrected chi connectivity index (χ4v) is 2.22. The first kappa shape index (κ1) is 17.0. The van der Waals surface area contributed by atoms with Crippen molar-refractivity contribution in [1.82, 2.24) is 15.6 Å². The molecule has 0 radical (unpaired) electrons. The van der Waals surface area contributed by atoms with E-state index in [0.29, 0.717) is 24.5 Å². The van der Waals surface area contributed by atoms with Crippen LogP contribution in [0.5, 0.6) is 0 Å². The molecule has 0 spiro atoms. The Bertz CT molecular complexity index is 662. The van der Waals surface area contributed by atoms with Gasteiger partial charge >= 0.3 is 0 Å². The van der Waals surface area contributed by atoms with Crippen LogP contribution in [-0.4, -0.2) is 23.3 Å². The minimum Gasteiger partial charge on any atom is -0.355 e. The van der Waals surface area contributed by atoms with E-state index < -0.39 is 0 Å². The summed E-state index contributed by atoms with van der Waals surface area (Å²) in [6, 6.07) is 11.1. The van der Waals surface area contributed by atoms with E-state index in [1.165, 1.54) is 0 Å². The van der Waals surface area contributed by atoms with Crippen molar-refractivity contribution >= 4 is 23.4 Å². The van der Waals surface area contributed by atoms with E-state index in [4.69, 9.17) is 11.6 Å². The molecule has 1 heterocycles. The van der Waals surface area contributed by atoms with E-state index in [1.807, 2.05) is 30.3 Å². The summed E-state index contributed by atoms with van der Waals surface area (Å²) >= 11 is 5.90. The predicted octanol–water partition coefficient (Wildman–Crippen LogP) is 2.10. The van der Waals surface area contributed by atoms with Crippen LogP contribution in [-0.2, 0) is 22.6 Å². The van der Waals surface area contributed by atoms with Crippen LogP contribution < -0.4 is 10.6 Å². The SMILES string of the molecule is O=C(CC(=O)NCc1ccncc1)NCCc1cccc(Cl)c1. The van der Waals surface area contributed by atoms with Crippen LogP contribution in [0.3, 0.4) is 0 Å². The molecule has 1 aromatic carbocycles. The van der Waals surface area contributed by atoms with E-state index in [-0.39, 0.29) is 18.2 Å². The van der Waals surface area contributed by atoms with Gasteiger partial charge in [-0.15, -0.1) is 0 Å². The number of rotatable bonds is 7. The van der Waals surface area contributed by atoms with E-state index in [1.54, 1.807) is 18.5 Å². The highest BCUT2D eigenvalue weighted by molar-refractivity contribution is 6.30. The van der Waals surface area contributed by atoms with Crippen molar-refractivity contribution in [3.8, 4) is 0 Å². The van der Waals surface area contributed by atoms with Crippen molar-refractivity contribution in [3.63, 3.8) is 0 Å². The number of nitrogens with zero attached hydrogens (tertiary/aromatic N) is 1. The molecule has 0 saturated carbocycles. The van der Waals surface area contributed by atoms with E-state index in [0.717, 1.165) is 11.1 Å². The predicted molar refractivity (Wildman–Crippen MR) is 88.9 cm³/mol. The average Bonchev–Trinajstić information content (AvgIpc) is 2.54. The molecule has 2 aromatic rings. The molecule has 2 amide bonds. The molecule has 0 saturated heterocycles. The lowest BCUT2D eigenvalue weighted by molar-refractivity contribution is -0.129. The number of hydrogen-bond donors (Lipinski definition) is 2. The Labute approximate surface area is 140 Å². The fourth-order valence-electron chi connectivity index (χ4n) is 2.01. The quantitative estimate of drug-likeness (QED) is 0.763. The maximum atomic E-state index is 11.7. The number of amides is 2. The Morgan fingerprint density at radius 2 is 1.74 bits per heavy atom. The second-order valence-electron chi connectivity index (χ2n) is 5.04. The molecule has 1 aromatic heterocycles. The molecule has 0 aliphatic rings. The van der Waals surface area contributed by atoms with Crippen LogP contribution in [0.1, 0.15) is 17.5 Å². The lowest BCUT2D eigenvalue weighted by Crippen LogP contribution is -2.32. The molecule has 2 rings (SSSR count). The number of pyridine rings is 1. The van der Waals surface area contributed by atoms with Crippen LogP contribution in [0.15, 0.2) is 48.8 Å². The van der Waals surface area contributed by atoms with Crippen molar-refractivity contribution < 1.29 is 9.59 Å². The second kappa shape index (κ2) is 8.90. The monoisotopic (exact) mass is 331 g/mol. The Kier molecular flexibility index (Phi) is 6.56. The molecule has 0 atom stereocenters. The van der Waals surface area contributed by atoms with Gasteiger partial charge in [-0.25, -0.2) is 0 Å². The van der Waals surface area contributed by atoms with Crippen molar-refractivity contribution in [1.29, 1.82) is 0 Å². The third kappa shape index (κ3) is 6.48. The van der Waals surface area contributed by atoms with Crippen molar-refractivity contribution in [2.45, 2.75) is 19.4 Å². The van der Waals surface area contributed by atoms with Gasteiger partial charge in [0.1, 0.15) is 6.42 Å². The number of aromatic nitrogens is 1. The Hall–Kier alpha value is -2.40. The molecular weight excluding hydrogens is 314 g/mol. The first-order chi connectivity index (χ1) is 11.1. The van der Waals surface area contributed by atoms with Crippen molar-refractivity contribution in [2.75, 3.05) is 6.54 Å². The molecule has 120 valence electrons. The van der Waals surface area contributed by atoms with Gasteiger partial charge in [0.25, 0.3) is 0 Å². The van der Waals surface area contributed by atoms with Gasteiger partial charge < -0.3 is 10.6 Å². The maximum absolute atomic E-state index is 11.7. The van der Waals surface area contributed by atoms with Gasteiger partial charge in [0.15, 0.2) is 0 Å². The summed E-state index contributed by atoms with van der Waals surface area (Å²) in [5.41, 5.74) is 1.98. The Morgan fingerprint density at radius 3 is 2.48 bits per heavy atom. The zero-order chi connectivity index (χ0) is 16.5. The minimum atomic E-state index is -0.304. The van der Waals surface area contributed by atoms with Crippen molar-refractivity contribution in [3.05, 3.63) is 64.9 Å². The molecule has 6 heteroatoms. The molecule has 0 fully saturated rings. The van der Waals surface area contributed by atoms with Crippen LogP contribution in [0.4, 0.5) is 0 Å². The summed E-state index contributed by atoms with van der Waals surface area (Å²) < 4.78 is 0. The summed E-state index contributed by atoms with van der Waals surface area (Å²) in [6.07, 6.45) is 3.81. The van der Waals surface area contributed by atoms with E-state index in [9.17, 15) is 9.59 Å². The summed E-state index contributed by atoms with van der Waals surface area (Å²) in [6.45, 7) is 0.855. The molecule has 2 N–H and O–H groups in total. The van der Waals surface area contributed by atoms with Gasteiger partial charge in [0.05, 0.1) is 0 Å². The number of carbonyl (C=O) groups excluding carboxylic acids is 2. The van der Waals surface area contributed by atoms with Gasteiger partial charge in [-0.1, -0.05) is 23.7 Å². The fraction of sp³-hybridized carbons (Fsp3) is 0.235.